The summed E-state index contributed by atoms with van der Waals surface area (Å²) in [5.74, 6) is 1.13. The molecule has 0 aromatic carbocycles. The van der Waals surface area contributed by atoms with Crippen LogP contribution < -0.4 is 5.32 Å². The molecular formula is C10H17NO2. The maximum Gasteiger partial charge on any atom is 0.223 e. The highest BCUT2D eigenvalue weighted by molar-refractivity contribution is 5.81. The molecule has 2 unspecified atom stereocenters. The molecule has 1 N–H and O–H groups in total. The first-order valence-electron chi connectivity index (χ1n) is 4.96. The molecule has 0 aromatic rings. The summed E-state index contributed by atoms with van der Waals surface area (Å²) in [6, 6.07) is 0. The zero-order chi connectivity index (χ0) is 9.47. The molecule has 0 radical (unpaired) electrons. The van der Waals surface area contributed by atoms with Gasteiger partial charge in [0, 0.05) is 17.9 Å². The van der Waals surface area contributed by atoms with E-state index in [0.717, 1.165) is 26.2 Å². The van der Waals surface area contributed by atoms with Gasteiger partial charge in [0.1, 0.15) is 0 Å². The van der Waals surface area contributed by atoms with Crippen LogP contribution in [0.25, 0.3) is 0 Å². The zero-order valence-electron chi connectivity index (χ0n) is 8.30. The molecule has 0 spiro atoms. The number of nitrogens with one attached hydrogen (secondary N) is 1. The van der Waals surface area contributed by atoms with Gasteiger partial charge in [-0.1, -0.05) is 13.8 Å². The molecule has 1 aliphatic heterocycles. The standard InChI is InChI=1S/C10H17NO2/c1-7-3-8(7)9(12)11-4-10(2)5-13-6-10/h7-8H,3-6H2,1-2H3,(H,11,12). The summed E-state index contributed by atoms with van der Waals surface area (Å²) in [6.45, 7) is 6.61. The topological polar surface area (TPSA) is 38.3 Å². The number of rotatable bonds is 3. The van der Waals surface area contributed by atoms with Gasteiger partial charge in [0.25, 0.3) is 0 Å². The maximum atomic E-state index is 11.5. The van der Waals surface area contributed by atoms with Crippen molar-refractivity contribution in [2.24, 2.45) is 17.3 Å². The van der Waals surface area contributed by atoms with E-state index in [1.165, 1.54) is 0 Å². The highest BCUT2D eigenvalue weighted by Crippen LogP contribution is 2.37. The normalized spacial score (nSPS) is 34.9. The molecule has 3 nitrogen and oxygen atoms in total. The van der Waals surface area contributed by atoms with Crippen molar-refractivity contribution < 1.29 is 9.53 Å². The third-order valence-corrected chi connectivity index (χ3v) is 3.04. The lowest BCUT2D eigenvalue weighted by molar-refractivity contribution is -0.128. The number of ether oxygens (including phenoxy) is 1. The fourth-order valence-electron chi connectivity index (χ4n) is 1.67. The average molecular weight is 183 g/mol. The van der Waals surface area contributed by atoms with Crippen molar-refractivity contribution in [3.63, 3.8) is 0 Å². The largest absolute Gasteiger partial charge is 0.380 e. The van der Waals surface area contributed by atoms with Gasteiger partial charge in [-0.2, -0.15) is 0 Å². The van der Waals surface area contributed by atoms with Crippen LogP contribution in [-0.4, -0.2) is 25.7 Å². The summed E-state index contributed by atoms with van der Waals surface area (Å²) < 4.78 is 5.12. The Bertz CT molecular complexity index is 223. The van der Waals surface area contributed by atoms with Gasteiger partial charge in [-0.15, -0.1) is 0 Å². The van der Waals surface area contributed by atoms with Gasteiger partial charge < -0.3 is 10.1 Å². The monoisotopic (exact) mass is 183 g/mol. The number of amides is 1. The summed E-state index contributed by atoms with van der Waals surface area (Å²) in [4.78, 5) is 11.5. The second-order valence-corrected chi connectivity index (χ2v) is 4.84. The predicted octanol–water partition coefficient (Wildman–Crippen LogP) is 0.795. The van der Waals surface area contributed by atoms with Crippen molar-refractivity contribution >= 4 is 5.91 Å². The van der Waals surface area contributed by atoms with Gasteiger partial charge in [0.05, 0.1) is 13.2 Å². The second kappa shape index (κ2) is 2.98. The Morgan fingerprint density at radius 2 is 2.23 bits per heavy atom. The van der Waals surface area contributed by atoms with Crippen LogP contribution in [0.3, 0.4) is 0 Å². The van der Waals surface area contributed by atoms with Crippen LogP contribution in [0.15, 0.2) is 0 Å². The molecule has 0 aromatic heterocycles. The van der Waals surface area contributed by atoms with E-state index in [4.69, 9.17) is 4.74 Å². The Balaban J connectivity index is 1.70. The lowest BCUT2D eigenvalue weighted by Gasteiger charge is -2.38. The molecule has 1 aliphatic carbocycles. The summed E-state index contributed by atoms with van der Waals surface area (Å²) in [5.41, 5.74) is 0.202. The first-order chi connectivity index (χ1) is 6.11. The van der Waals surface area contributed by atoms with Gasteiger partial charge in [0.2, 0.25) is 5.91 Å². The molecule has 2 fully saturated rings. The number of hydrogen-bond acceptors (Lipinski definition) is 2. The summed E-state index contributed by atoms with van der Waals surface area (Å²) >= 11 is 0. The smallest absolute Gasteiger partial charge is 0.223 e. The van der Waals surface area contributed by atoms with Crippen LogP contribution in [0, 0.1) is 17.3 Å². The molecule has 3 heteroatoms. The Labute approximate surface area is 78.8 Å². The summed E-state index contributed by atoms with van der Waals surface area (Å²) in [7, 11) is 0. The molecule has 13 heavy (non-hydrogen) atoms. The molecule has 1 amide bonds. The molecular weight excluding hydrogens is 166 g/mol. The third-order valence-electron chi connectivity index (χ3n) is 3.04. The maximum absolute atomic E-state index is 11.5. The molecule has 2 rings (SSSR count). The highest BCUT2D eigenvalue weighted by atomic mass is 16.5. The van der Waals surface area contributed by atoms with Crippen molar-refractivity contribution in [3.05, 3.63) is 0 Å². The van der Waals surface area contributed by atoms with Crippen LogP contribution in [0.2, 0.25) is 0 Å². The fourth-order valence-corrected chi connectivity index (χ4v) is 1.67. The van der Waals surface area contributed by atoms with Crippen molar-refractivity contribution in [3.8, 4) is 0 Å². The quantitative estimate of drug-likeness (QED) is 0.702. The lowest BCUT2D eigenvalue weighted by atomic mass is 9.89. The molecule has 74 valence electrons. The Kier molecular flexibility index (Phi) is 2.06. The van der Waals surface area contributed by atoms with Gasteiger partial charge in [-0.3, -0.25) is 4.79 Å². The zero-order valence-corrected chi connectivity index (χ0v) is 8.30. The van der Waals surface area contributed by atoms with Crippen molar-refractivity contribution in [2.45, 2.75) is 20.3 Å². The van der Waals surface area contributed by atoms with Crippen LogP contribution in [0.1, 0.15) is 20.3 Å². The minimum atomic E-state index is 0.202. The van der Waals surface area contributed by atoms with E-state index < -0.39 is 0 Å². The predicted molar refractivity (Wildman–Crippen MR) is 49.2 cm³/mol. The number of hydrogen-bond donors (Lipinski definition) is 1. The third kappa shape index (κ3) is 1.85. The van der Waals surface area contributed by atoms with Crippen LogP contribution in [0.4, 0.5) is 0 Å². The van der Waals surface area contributed by atoms with Gasteiger partial charge in [0.15, 0.2) is 0 Å². The molecule has 1 saturated carbocycles. The Morgan fingerprint density at radius 1 is 1.62 bits per heavy atom. The van der Waals surface area contributed by atoms with Gasteiger partial charge in [-0.05, 0) is 12.3 Å². The minimum absolute atomic E-state index is 0.202. The summed E-state index contributed by atoms with van der Waals surface area (Å²) in [6.07, 6.45) is 1.07. The van der Waals surface area contributed by atoms with Crippen LogP contribution in [-0.2, 0) is 9.53 Å². The number of carbonyl (C=O) groups is 1. The first kappa shape index (κ1) is 9.00. The van der Waals surface area contributed by atoms with Crippen molar-refractivity contribution in [1.29, 1.82) is 0 Å². The Morgan fingerprint density at radius 3 is 2.62 bits per heavy atom. The Hall–Kier alpha value is -0.570. The molecule has 1 saturated heterocycles. The number of carbonyl (C=O) groups excluding carboxylic acids is 1. The first-order valence-corrected chi connectivity index (χ1v) is 4.96. The fraction of sp³-hybridized carbons (Fsp3) is 0.900. The molecule has 2 atom stereocenters. The van der Waals surface area contributed by atoms with Crippen LogP contribution in [0.5, 0.6) is 0 Å². The molecule has 2 aliphatic rings. The SMILES string of the molecule is CC1CC1C(=O)NCC1(C)COC1. The molecule has 0 bridgehead atoms. The van der Waals surface area contributed by atoms with E-state index in [-0.39, 0.29) is 11.3 Å². The van der Waals surface area contributed by atoms with E-state index in [1.54, 1.807) is 0 Å². The van der Waals surface area contributed by atoms with Crippen LogP contribution >= 0.6 is 0 Å². The van der Waals surface area contributed by atoms with Crippen molar-refractivity contribution in [2.75, 3.05) is 19.8 Å². The highest BCUT2D eigenvalue weighted by Gasteiger charge is 2.40. The van der Waals surface area contributed by atoms with E-state index in [2.05, 4.69) is 19.2 Å². The van der Waals surface area contributed by atoms with E-state index >= 15 is 0 Å². The second-order valence-electron chi connectivity index (χ2n) is 4.84. The minimum Gasteiger partial charge on any atom is -0.380 e. The van der Waals surface area contributed by atoms with Gasteiger partial charge in [-0.25, -0.2) is 0 Å². The summed E-state index contributed by atoms with van der Waals surface area (Å²) in [5, 5.41) is 3.00. The average Bonchev–Trinajstić information content (AvgIpc) is 2.75. The van der Waals surface area contributed by atoms with Crippen molar-refractivity contribution in [1.82, 2.24) is 5.32 Å². The van der Waals surface area contributed by atoms with Gasteiger partial charge >= 0.3 is 0 Å². The van der Waals surface area contributed by atoms with E-state index in [0.29, 0.717) is 11.8 Å². The van der Waals surface area contributed by atoms with E-state index in [9.17, 15) is 4.79 Å². The van der Waals surface area contributed by atoms with E-state index in [1.807, 2.05) is 0 Å². The lowest BCUT2D eigenvalue weighted by Crippen LogP contribution is -2.48. The molecule has 1 heterocycles.